The molecule has 1 aliphatic heterocycles. The fourth-order valence-corrected chi connectivity index (χ4v) is 4.23. The Morgan fingerprint density at radius 2 is 1.24 bits per heavy atom. The van der Waals surface area contributed by atoms with Gasteiger partial charge < -0.3 is 29.0 Å². The number of aliphatic hydroxyl groups is 1. The minimum atomic E-state index is -0.546. The molecule has 0 saturated carbocycles. The van der Waals surface area contributed by atoms with Crippen molar-refractivity contribution < 1.29 is 33.6 Å². The van der Waals surface area contributed by atoms with Crippen LogP contribution in [-0.2, 0) is 28.5 Å². The van der Waals surface area contributed by atoms with E-state index in [-0.39, 0.29) is 138 Å². The van der Waals surface area contributed by atoms with Gasteiger partial charge in [-0.15, -0.1) is 0 Å². The van der Waals surface area contributed by atoms with Gasteiger partial charge in [0, 0.05) is 19.4 Å². The summed E-state index contributed by atoms with van der Waals surface area (Å²) in [5, 5.41) is 10.3. The fraction of sp³-hybridized carbons (Fsp3) is 0.951. The molecule has 0 spiro atoms. The molecule has 0 aromatic heterocycles. The summed E-state index contributed by atoms with van der Waals surface area (Å²) in [5.74, 6) is -0.338. The Balaban J connectivity index is -0.0000000432. The van der Waals surface area contributed by atoms with Gasteiger partial charge in [-0.3, -0.25) is 14.5 Å². The molecule has 0 bridgehead atoms. The molecule has 0 aromatic rings. The summed E-state index contributed by atoms with van der Waals surface area (Å²) in [4.78, 5) is 26.7. The first-order valence-electron chi connectivity index (χ1n) is 14.6. The second kappa shape index (κ2) is 52.1. The molecule has 9 nitrogen and oxygen atoms in total. The first kappa shape index (κ1) is 87.0. The molecule has 9 heteroatoms. The lowest BCUT2D eigenvalue weighted by Crippen LogP contribution is -2.40. The van der Waals surface area contributed by atoms with Crippen LogP contribution in [0.15, 0.2) is 0 Å². The molecule has 1 N–H and O–H groups in total. The van der Waals surface area contributed by atoms with Gasteiger partial charge in [-0.2, -0.15) is 0 Å². The molecule has 322 valence electrons. The van der Waals surface area contributed by atoms with Gasteiger partial charge in [-0.25, -0.2) is 0 Å². The molecule has 1 fully saturated rings. The van der Waals surface area contributed by atoms with E-state index in [0.717, 1.165) is 51.5 Å². The maximum Gasteiger partial charge on any atom is 0.320 e. The summed E-state index contributed by atoms with van der Waals surface area (Å²) < 4.78 is 22.5. The van der Waals surface area contributed by atoms with Crippen LogP contribution >= 0.6 is 0 Å². The average Bonchev–Trinajstić information content (AvgIpc) is 2.82. The number of nitrogens with zero attached hydrogens (tertiary/aromatic N) is 2. The number of hydrogen-bond donors (Lipinski definition) is 1. The molecular formula is C41H106N2O7. The van der Waals surface area contributed by atoms with Crippen LogP contribution in [0.2, 0.25) is 0 Å². The van der Waals surface area contributed by atoms with E-state index in [1.807, 2.05) is 40.0 Å². The first-order valence-corrected chi connectivity index (χ1v) is 14.6. The van der Waals surface area contributed by atoms with E-state index in [2.05, 4.69) is 27.7 Å². The number of aliphatic hydroxyl groups excluding tert-OH is 1. The number of hydrogen-bond acceptors (Lipinski definition) is 9. The van der Waals surface area contributed by atoms with Gasteiger partial charge in [0.25, 0.3) is 0 Å². The van der Waals surface area contributed by atoms with Crippen molar-refractivity contribution in [3.8, 4) is 0 Å². The van der Waals surface area contributed by atoms with E-state index in [1.54, 1.807) is 4.90 Å². The van der Waals surface area contributed by atoms with E-state index >= 15 is 0 Å². The minimum Gasteiger partial charge on any atom is -0.462 e. The average molecular weight is 739 g/mol. The van der Waals surface area contributed by atoms with Gasteiger partial charge in [0.2, 0.25) is 0 Å². The first-order chi connectivity index (χ1) is 17.9. The molecule has 1 aliphatic rings. The highest BCUT2D eigenvalue weighted by atomic mass is 16.7. The Morgan fingerprint density at radius 1 is 0.740 bits per heavy atom. The third-order valence-electron chi connectivity index (χ3n) is 6.24. The smallest absolute Gasteiger partial charge is 0.320 e. The van der Waals surface area contributed by atoms with Crippen molar-refractivity contribution in [1.29, 1.82) is 0 Å². The Kier molecular flexibility index (Phi) is 90.6. The van der Waals surface area contributed by atoms with Crippen molar-refractivity contribution in [2.45, 2.75) is 225 Å². The normalized spacial score (nSPS) is 16.6. The molecule has 0 aliphatic carbocycles. The minimum absolute atomic E-state index is 0. The molecule has 0 amide bonds. The van der Waals surface area contributed by atoms with Crippen LogP contribution in [0.4, 0.5) is 0 Å². The van der Waals surface area contributed by atoms with Crippen LogP contribution in [0.1, 0.15) is 188 Å². The largest absolute Gasteiger partial charge is 0.462 e. The third-order valence-corrected chi connectivity index (χ3v) is 6.24. The summed E-state index contributed by atoms with van der Waals surface area (Å²) in [5.41, 5.74) is 0. The number of ether oxygens (including phenoxy) is 4. The van der Waals surface area contributed by atoms with Crippen molar-refractivity contribution in [2.75, 3.05) is 41.3 Å². The Bertz CT molecular complexity index is 622. The Morgan fingerprint density at radius 3 is 1.64 bits per heavy atom. The fourth-order valence-electron chi connectivity index (χ4n) is 4.23. The maximum atomic E-state index is 11.6. The van der Waals surface area contributed by atoms with E-state index in [1.165, 1.54) is 0 Å². The predicted molar refractivity (Wildman–Crippen MR) is 232 cm³/mol. The topological polar surface area (TPSA) is 97.8 Å². The number of likely N-dealkylation sites (N-methyl/N-ethyl adjacent to an activating group) is 1. The highest BCUT2D eigenvalue weighted by molar-refractivity contribution is 5.71. The summed E-state index contributed by atoms with van der Waals surface area (Å²) in [6.07, 6.45) is 7.38. The molecule has 1 heterocycles. The zero-order valence-corrected chi connectivity index (χ0v) is 25.7. The number of carbonyl (C=O) groups excluding carboxylic acids is 2. The van der Waals surface area contributed by atoms with Gasteiger partial charge in [0.1, 0.15) is 12.2 Å². The number of carbonyl (C=O) groups is 2. The highest BCUT2D eigenvalue weighted by Crippen LogP contribution is 2.26. The van der Waals surface area contributed by atoms with Crippen LogP contribution in [0.25, 0.3) is 0 Å². The van der Waals surface area contributed by atoms with Crippen molar-refractivity contribution in [2.24, 2.45) is 0 Å². The summed E-state index contributed by atoms with van der Waals surface area (Å²) in [7, 11) is 7.55. The molecule has 1 rings (SSSR count). The van der Waals surface area contributed by atoms with Crippen LogP contribution in [-0.4, -0.2) is 105 Å². The lowest BCUT2D eigenvalue weighted by atomic mass is 9.99. The van der Waals surface area contributed by atoms with Crippen molar-refractivity contribution in [3.05, 3.63) is 0 Å². The van der Waals surface area contributed by atoms with E-state index < -0.39 is 6.10 Å². The maximum absolute atomic E-state index is 11.6. The van der Waals surface area contributed by atoms with Gasteiger partial charge >= 0.3 is 11.9 Å². The van der Waals surface area contributed by atoms with Gasteiger partial charge in [-0.05, 0) is 67.2 Å². The second-order valence-electron chi connectivity index (χ2n) is 10.9. The predicted octanol–water partition coefficient (Wildman–Crippen LogP) is 12.0. The van der Waals surface area contributed by atoms with E-state index in [9.17, 15) is 14.7 Å². The van der Waals surface area contributed by atoms with Crippen LogP contribution in [0, 0.1) is 0 Å². The number of esters is 2. The van der Waals surface area contributed by atoms with Gasteiger partial charge in [-0.1, -0.05) is 130 Å². The molecule has 6 unspecified atom stereocenters. The zero-order chi connectivity index (χ0) is 29.1. The molecule has 0 aromatic carbocycles. The van der Waals surface area contributed by atoms with Crippen LogP contribution < -0.4 is 0 Å². The SMILES string of the molecule is C.C.C.C.C.C.C.C.C.C.C.C.CCCC(CC)OC(=O)CCN(C)C.CCCC1OC(CC)CC(CC(O)CC(C)OC(=O)CN(C)C)O1. The van der Waals surface area contributed by atoms with E-state index in [4.69, 9.17) is 18.9 Å². The highest BCUT2D eigenvalue weighted by Gasteiger charge is 2.30. The van der Waals surface area contributed by atoms with Gasteiger partial charge in [0.05, 0.1) is 31.3 Å². The van der Waals surface area contributed by atoms with Crippen molar-refractivity contribution >= 4 is 11.9 Å². The molecule has 6 atom stereocenters. The van der Waals surface area contributed by atoms with Crippen molar-refractivity contribution in [1.82, 2.24) is 9.80 Å². The summed E-state index contributed by atoms with van der Waals surface area (Å²) >= 11 is 0. The van der Waals surface area contributed by atoms with Gasteiger partial charge in [0.15, 0.2) is 6.29 Å². The molecular weight excluding hydrogens is 632 g/mol. The van der Waals surface area contributed by atoms with Crippen LogP contribution in [0.3, 0.4) is 0 Å². The Labute approximate surface area is 320 Å². The Hall–Kier alpha value is -1.26. The number of rotatable bonds is 17. The second-order valence-corrected chi connectivity index (χ2v) is 10.9. The zero-order valence-electron chi connectivity index (χ0n) is 25.7. The summed E-state index contributed by atoms with van der Waals surface area (Å²) in [6.45, 7) is 11.2. The van der Waals surface area contributed by atoms with Crippen molar-refractivity contribution in [3.63, 3.8) is 0 Å². The summed E-state index contributed by atoms with van der Waals surface area (Å²) in [6, 6.07) is 0. The van der Waals surface area contributed by atoms with Crippen LogP contribution in [0.5, 0.6) is 0 Å². The van der Waals surface area contributed by atoms with E-state index in [0.29, 0.717) is 19.3 Å². The molecule has 1 saturated heterocycles. The lowest BCUT2D eigenvalue weighted by Gasteiger charge is -2.36. The third kappa shape index (κ3) is 46.7. The quantitative estimate of drug-likeness (QED) is 0.146. The lowest BCUT2D eigenvalue weighted by molar-refractivity contribution is -0.249. The molecule has 0 radical (unpaired) electrons. The standard InChI is InChI=1S/C18H35NO5.C11H23NO2.12CH4/c1-6-8-18-23-15(7-2)11-16(24-18)10-14(20)9-13(3)22-17(21)12-19(4)5;1-5-7-10(6-2)14-11(13)8-9-12(3)4;;;;;;;;;;;;/h13-16,18,20H,6-12H2,1-5H3;10H,5-9H2,1-4H3;12*1H4. The monoisotopic (exact) mass is 739 g/mol. The molecule has 50 heavy (non-hydrogen) atoms.